The van der Waals surface area contributed by atoms with Gasteiger partial charge < -0.3 is 10.1 Å². The van der Waals surface area contributed by atoms with Crippen LogP contribution in [0.1, 0.15) is 43.0 Å². The second-order valence-electron chi connectivity index (χ2n) is 7.25. The summed E-state index contributed by atoms with van der Waals surface area (Å²) in [4.78, 5) is 13.1. The van der Waals surface area contributed by atoms with Crippen molar-refractivity contribution in [2.75, 3.05) is 17.7 Å². The van der Waals surface area contributed by atoms with Gasteiger partial charge in [-0.1, -0.05) is 25.1 Å². The topological polar surface area (TPSA) is 75.7 Å². The summed E-state index contributed by atoms with van der Waals surface area (Å²) in [5.74, 6) is 0.280. The predicted molar refractivity (Wildman–Crippen MR) is 117 cm³/mol. The van der Waals surface area contributed by atoms with E-state index < -0.39 is 16.1 Å². The van der Waals surface area contributed by atoms with Crippen molar-refractivity contribution in [1.29, 1.82) is 0 Å². The third-order valence-corrected chi connectivity index (χ3v) is 6.23. The van der Waals surface area contributed by atoms with E-state index in [0.717, 1.165) is 17.4 Å². The summed E-state index contributed by atoms with van der Waals surface area (Å²) in [5, 5.41) is 2.97. The van der Waals surface area contributed by atoms with Gasteiger partial charge in [-0.05, 0) is 68.1 Å². The summed E-state index contributed by atoms with van der Waals surface area (Å²) < 4.78 is 31.4. The van der Waals surface area contributed by atoms with Gasteiger partial charge in [-0.2, -0.15) is 0 Å². The monoisotopic (exact) mass is 418 g/mol. The maximum absolute atomic E-state index is 13.1. The van der Waals surface area contributed by atoms with Crippen molar-refractivity contribution >= 4 is 21.6 Å². The van der Waals surface area contributed by atoms with E-state index in [9.17, 15) is 13.2 Å². The first-order valence-corrected chi connectivity index (χ1v) is 11.4. The first-order chi connectivity index (χ1) is 13.6. The normalized spacial score (nSPS) is 13.4. The minimum Gasteiger partial charge on any atom is -0.497 e. The fraction of sp³-hybridized carbons (Fsp3) is 0.409. The molecule has 158 valence electrons. The molecular formula is C22H30N2O4S. The Morgan fingerprint density at radius 3 is 2.21 bits per heavy atom. The lowest BCUT2D eigenvalue weighted by atomic mass is 10.0. The van der Waals surface area contributed by atoms with E-state index in [-0.39, 0.29) is 11.9 Å². The SMILES string of the molecule is CCC(C(=O)NC(C)c1ccc(C)c(C)c1)N(c1ccc(OC)cc1)S(C)(=O)=O. The molecule has 0 aromatic heterocycles. The first-order valence-electron chi connectivity index (χ1n) is 9.59. The summed E-state index contributed by atoms with van der Waals surface area (Å²) in [6.45, 7) is 7.76. The van der Waals surface area contributed by atoms with Crippen LogP contribution in [0.5, 0.6) is 5.75 Å². The Balaban J connectivity index is 2.30. The lowest BCUT2D eigenvalue weighted by Crippen LogP contribution is -2.49. The number of carbonyl (C=O) groups is 1. The molecule has 6 nitrogen and oxygen atoms in total. The molecule has 7 heteroatoms. The molecule has 2 atom stereocenters. The van der Waals surface area contributed by atoms with E-state index >= 15 is 0 Å². The Morgan fingerprint density at radius 2 is 1.72 bits per heavy atom. The summed E-state index contributed by atoms with van der Waals surface area (Å²) in [6, 6.07) is 11.6. The Bertz CT molecular complexity index is 955. The molecule has 2 rings (SSSR count). The average molecular weight is 419 g/mol. The van der Waals surface area contributed by atoms with Gasteiger partial charge in [0.05, 0.1) is 25.1 Å². The zero-order valence-electron chi connectivity index (χ0n) is 17.9. The van der Waals surface area contributed by atoms with Gasteiger partial charge in [-0.3, -0.25) is 9.10 Å². The van der Waals surface area contributed by atoms with Crippen molar-refractivity contribution in [3.63, 3.8) is 0 Å². The Kier molecular flexibility index (Phi) is 7.30. The van der Waals surface area contributed by atoms with E-state index in [1.165, 1.54) is 9.87 Å². The molecule has 2 aromatic rings. The molecule has 0 heterocycles. The lowest BCUT2D eigenvalue weighted by Gasteiger charge is -2.31. The predicted octanol–water partition coefficient (Wildman–Crippen LogP) is 3.73. The summed E-state index contributed by atoms with van der Waals surface area (Å²) in [7, 11) is -2.13. The quantitative estimate of drug-likeness (QED) is 0.709. The molecule has 29 heavy (non-hydrogen) atoms. The highest BCUT2D eigenvalue weighted by atomic mass is 32.2. The molecular weight excluding hydrogens is 388 g/mol. The molecule has 0 radical (unpaired) electrons. The minimum atomic E-state index is -3.67. The summed E-state index contributed by atoms with van der Waals surface area (Å²) in [6.07, 6.45) is 1.45. The van der Waals surface area contributed by atoms with E-state index in [1.807, 2.05) is 39.0 Å². The van der Waals surface area contributed by atoms with E-state index in [1.54, 1.807) is 38.3 Å². The van der Waals surface area contributed by atoms with Crippen LogP contribution in [0.2, 0.25) is 0 Å². The van der Waals surface area contributed by atoms with Crippen LogP contribution in [0.4, 0.5) is 5.69 Å². The number of aryl methyl sites for hydroxylation is 2. The third kappa shape index (κ3) is 5.50. The molecule has 0 bridgehead atoms. The number of hydrogen-bond acceptors (Lipinski definition) is 4. The van der Waals surface area contributed by atoms with Crippen molar-refractivity contribution < 1.29 is 17.9 Å². The molecule has 0 fully saturated rings. The number of nitrogens with zero attached hydrogens (tertiary/aromatic N) is 1. The van der Waals surface area contributed by atoms with E-state index in [4.69, 9.17) is 4.74 Å². The van der Waals surface area contributed by atoms with Crippen LogP contribution in [0.3, 0.4) is 0 Å². The summed E-state index contributed by atoms with van der Waals surface area (Å²) >= 11 is 0. The number of methoxy groups -OCH3 is 1. The van der Waals surface area contributed by atoms with Crippen LogP contribution in [-0.2, 0) is 14.8 Å². The van der Waals surface area contributed by atoms with Crippen LogP contribution in [0.25, 0.3) is 0 Å². The number of anilines is 1. The van der Waals surface area contributed by atoms with Gasteiger partial charge in [0.1, 0.15) is 11.8 Å². The second-order valence-corrected chi connectivity index (χ2v) is 9.11. The summed E-state index contributed by atoms with van der Waals surface area (Å²) in [5.41, 5.74) is 3.73. The highest BCUT2D eigenvalue weighted by molar-refractivity contribution is 7.92. The molecule has 2 aromatic carbocycles. The fourth-order valence-electron chi connectivity index (χ4n) is 3.22. The van der Waals surface area contributed by atoms with Gasteiger partial charge in [-0.15, -0.1) is 0 Å². The highest BCUT2D eigenvalue weighted by Gasteiger charge is 2.32. The highest BCUT2D eigenvalue weighted by Crippen LogP contribution is 2.26. The van der Waals surface area contributed by atoms with Crippen molar-refractivity contribution in [2.24, 2.45) is 0 Å². The standard InChI is InChI=1S/C22H30N2O4S/c1-7-21(22(25)23-17(4)18-9-8-15(2)16(3)14-18)24(29(6,26)27)19-10-12-20(28-5)13-11-19/h8-14,17,21H,7H2,1-6H3,(H,23,25). The molecule has 1 amide bonds. The van der Waals surface area contributed by atoms with Gasteiger partial charge in [-0.25, -0.2) is 8.42 Å². The van der Waals surface area contributed by atoms with Crippen LogP contribution in [0.15, 0.2) is 42.5 Å². The maximum atomic E-state index is 13.1. The van der Waals surface area contributed by atoms with Gasteiger partial charge in [0.15, 0.2) is 0 Å². The van der Waals surface area contributed by atoms with Crippen LogP contribution in [0, 0.1) is 13.8 Å². The van der Waals surface area contributed by atoms with Crippen LogP contribution >= 0.6 is 0 Å². The number of benzene rings is 2. The van der Waals surface area contributed by atoms with Crippen LogP contribution in [-0.4, -0.2) is 33.7 Å². The number of amides is 1. The number of sulfonamides is 1. The maximum Gasteiger partial charge on any atom is 0.244 e. The minimum absolute atomic E-state index is 0.242. The van der Waals surface area contributed by atoms with Crippen molar-refractivity contribution in [3.8, 4) is 5.75 Å². The van der Waals surface area contributed by atoms with Gasteiger partial charge in [0, 0.05) is 0 Å². The third-order valence-electron chi connectivity index (χ3n) is 5.05. The zero-order chi connectivity index (χ0) is 21.8. The molecule has 0 aliphatic heterocycles. The molecule has 0 aliphatic rings. The Labute approximate surface area is 173 Å². The van der Waals surface area contributed by atoms with Gasteiger partial charge in [0.25, 0.3) is 0 Å². The molecule has 0 saturated carbocycles. The molecule has 0 aliphatic carbocycles. The number of carbonyl (C=O) groups excluding carboxylic acids is 1. The molecule has 2 unspecified atom stereocenters. The molecule has 0 saturated heterocycles. The van der Waals surface area contributed by atoms with Crippen molar-refractivity contribution in [2.45, 2.75) is 46.2 Å². The Morgan fingerprint density at radius 1 is 1.10 bits per heavy atom. The largest absolute Gasteiger partial charge is 0.497 e. The number of hydrogen-bond donors (Lipinski definition) is 1. The first kappa shape index (κ1) is 22.7. The average Bonchev–Trinajstić information content (AvgIpc) is 2.67. The van der Waals surface area contributed by atoms with Gasteiger partial charge in [0.2, 0.25) is 15.9 Å². The Hall–Kier alpha value is -2.54. The van der Waals surface area contributed by atoms with Gasteiger partial charge >= 0.3 is 0 Å². The molecule has 0 spiro atoms. The fourth-order valence-corrected chi connectivity index (χ4v) is 4.43. The number of ether oxygens (including phenoxy) is 1. The van der Waals surface area contributed by atoms with Crippen molar-refractivity contribution in [1.82, 2.24) is 5.32 Å². The zero-order valence-corrected chi connectivity index (χ0v) is 18.7. The molecule has 1 N–H and O–H groups in total. The number of nitrogens with one attached hydrogen (secondary N) is 1. The van der Waals surface area contributed by atoms with Crippen LogP contribution < -0.4 is 14.4 Å². The smallest absolute Gasteiger partial charge is 0.244 e. The van der Waals surface area contributed by atoms with E-state index in [0.29, 0.717) is 17.9 Å². The second kappa shape index (κ2) is 9.31. The van der Waals surface area contributed by atoms with E-state index in [2.05, 4.69) is 5.32 Å². The van der Waals surface area contributed by atoms with Crippen molar-refractivity contribution in [3.05, 3.63) is 59.2 Å². The number of rotatable bonds is 8. The lowest BCUT2D eigenvalue weighted by molar-refractivity contribution is -0.122.